The number of nitrogens with two attached hydrogens (primary N) is 1. The number of carbonyl (C=O) groups is 1. The number of nitrogens with one attached hydrogen (secondary N) is 1. The Hall–Kier alpha value is -1.79. The van der Waals surface area contributed by atoms with Crippen LogP contribution >= 0.6 is 0 Å². The molecule has 2 fully saturated rings. The standard InChI is InChI=1S/C15H21N3O3/c16-11-1-4-14(19)10(7-11)8-18-5-6-21-9-13(18)15(20)17-12-2-3-12/h1,4,7,12-13,19H,2-3,5-6,8-9,16H2,(H,17,20). The molecule has 0 spiro atoms. The van der Waals surface area contributed by atoms with Gasteiger partial charge in [-0.3, -0.25) is 9.69 Å². The van der Waals surface area contributed by atoms with Crippen molar-refractivity contribution < 1.29 is 14.6 Å². The largest absolute Gasteiger partial charge is 0.508 e. The molecule has 1 saturated heterocycles. The van der Waals surface area contributed by atoms with Gasteiger partial charge in [0.1, 0.15) is 11.8 Å². The van der Waals surface area contributed by atoms with Gasteiger partial charge in [-0.15, -0.1) is 0 Å². The lowest BCUT2D eigenvalue weighted by Gasteiger charge is -2.34. The maximum Gasteiger partial charge on any atom is 0.239 e. The van der Waals surface area contributed by atoms with E-state index in [2.05, 4.69) is 5.32 Å². The lowest BCUT2D eigenvalue weighted by atomic mass is 10.1. The summed E-state index contributed by atoms with van der Waals surface area (Å²) in [6.45, 7) is 2.14. The Labute approximate surface area is 123 Å². The number of anilines is 1. The van der Waals surface area contributed by atoms with E-state index in [1.165, 1.54) is 0 Å². The molecule has 1 heterocycles. The molecule has 21 heavy (non-hydrogen) atoms. The van der Waals surface area contributed by atoms with Crippen LogP contribution in [0.15, 0.2) is 18.2 Å². The van der Waals surface area contributed by atoms with Crippen LogP contribution in [0.1, 0.15) is 18.4 Å². The number of nitrogen functional groups attached to an aromatic ring is 1. The Balaban J connectivity index is 1.71. The molecule has 0 bridgehead atoms. The van der Waals surface area contributed by atoms with E-state index in [4.69, 9.17) is 10.5 Å². The molecule has 6 nitrogen and oxygen atoms in total. The quantitative estimate of drug-likeness (QED) is 0.554. The van der Waals surface area contributed by atoms with Crippen LogP contribution in [0.4, 0.5) is 5.69 Å². The zero-order valence-electron chi connectivity index (χ0n) is 11.9. The summed E-state index contributed by atoms with van der Waals surface area (Å²) < 4.78 is 5.44. The first kappa shape index (κ1) is 14.2. The van der Waals surface area contributed by atoms with Crippen molar-refractivity contribution in [3.8, 4) is 5.75 Å². The minimum Gasteiger partial charge on any atom is -0.508 e. The molecule has 1 aliphatic heterocycles. The predicted octanol–water partition coefficient (Wildman–Crippen LogP) is 0.454. The number of nitrogens with zero attached hydrogens (tertiary/aromatic N) is 1. The highest BCUT2D eigenvalue weighted by Gasteiger charge is 2.33. The molecule has 0 aromatic heterocycles. The molecular weight excluding hydrogens is 270 g/mol. The maximum absolute atomic E-state index is 12.3. The number of ether oxygens (including phenoxy) is 1. The summed E-state index contributed by atoms with van der Waals surface area (Å²) in [7, 11) is 0. The molecule has 1 aliphatic carbocycles. The van der Waals surface area contributed by atoms with E-state index in [9.17, 15) is 9.90 Å². The fraction of sp³-hybridized carbons (Fsp3) is 0.533. The van der Waals surface area contributed by atoms with Crippen LogP contribution < -0.4 is 11.1 Å². The van der Waals surface area contributed by atoms with Crippen LogP contribution in [0.5, 0.6) is 5.75 Å². The van der Waals surface area contributed by atoms with Crippen LogP contribution in [0, 0.1) is 0 Å². The monoisotopic (exact) mass is 291 g/mol. The minimum atomic E-state index is -0.305. The number of morpholine rings is 1. The highest BCUT2D eigenvalue weighted by atomic mass is 16.5. The van der Waals surface area contributed by atoms with Gasteiger partial charge in [0.25, 0.3) is 0 Å². The van der Waals surface area contributed by atoms with Crippen molar-refractivity contribution in [2.24, 2.45) is 0 Å². The fourth-order valence-corrected chi connectivity index (χ4v) is 2.54. The second-order valence-electron chi connectivity index (χ2n) is 5.73. The lowest BCUT2D eigenvalue weighted by molar-refractivity contribution is -0.133. The number of phenols is 1. The van der Waals surface area contributed by atoms with Crippen LogP contribution in [0.2, 0.25) is 0 Å². The zero-order chi connectivity index (χ0) is 14.8. The average molecular weight is 291 g/mol. The Morgan fingerprint density at radius 3 is 3.05 bits per heavy atom. The van der Waals surface area contributed by atoms with Gasteiger partial charge in [0, 0.05) is 30.4 Å². The van der Waals surface area contributed by atoms with E-state index in [0.717, 1.165) is 18.4 Å². The highest BCUT2D eigenvalue weighted by molar-refractivity contribution is 5.82. The van der Waals surface area contributed by atoms with Gasteiger partial charge in [-0.25, -0.2) is 0 Å². The summed E-state index contributed by atoms with van der Waals surface area (Å²) in [6.07, 6.45) is 2.13. The molecule has 1 unspecified atom stereocenters. The van der Waals surface area contributed by atoms with E-state index < -0.39 is 0 Å². The Morgan fingerprint density at radius 2 is 2.29 bits per heavy atom. The molecule has 2 aliphatic rings. The SMILES string of the molecule is Nc1ccc(O)c(CN2CCOCC2C(=O)NC2CC2)c1. The van der Waals surface area contributed by atoms with E-state index in [-0.39, 0.29) is 17.7 Å². The number of hydrogen-bond donors (Lipinski definition) is 3. The number of benzene rings is 1. The summed E-state index contributed by atoms with van der Waals surface area (Å²) in [5, 5.41) is 12.9. The highest BCUT2D eigenvalue weighted by Crippen LogP contribution is 2.24. The molecule has 3 rings (SSSR count). The second-order valence-corrected chi connectivity index (χ2v) is 5.73. The van der Waals surface area contributed by atoms with E-state index >= 15 is 0 Å². The third kappa shape index (κ3) is 3.46. The summed E-state index contributed by atoms with van der Waals surface area (Å²) >= 11 is 0. The summed E-state index contributed by atoms with van der Waals surface area (Å²) in [6, 6.07) is 5.03. The third-order valence-corrected chi connectivity index (χ3v) is 3.94. The van der Waals surface area contributed by atoms with Crippen molar-refractivity contribution in [3.63, 3.8) is 0 Å². The molecule has 1 amide bonds. The van der Waals surface area contributed by atoms with E-state index in [0.29, 0.717) is 38.0 Å². The number of rotatable bonds is 4. The van der Waals surface area contributed by atoms with Crippen molar-refractivity contribution in [1.29, 1.82) is 0 Å². The van der Waals surface area contributed by atoms with E-state index in [1.807, 2.05) is 4.90 Å². The first-order valence-electron chi connectivity index (χ1n) is 7.33. The molecule has 1 aromatic carbocycles. The molecule has 0 radical (unpaired) electrons. The fourth-order valence-electron chi connectivity index (χ4n) is 2.54. The topological polar surface area (TPSA) is 87.8 Å². The molecule has 1 aromatic rings. The van der Waals surface area contributed by atoms with Gasteiger partial charge < -0.3 is 20.9 Å². The molecule has 114 valence electrons. The molecular formula is C15H21N3O3. The number of carbonyl (C=O) groups excluding carboxylic acids is 1. The smallest absolute Gasteiger partial charge is 0.239 e. The number of amides is 1. The number of phenolic OH excluding ortho intramolecular Hbond substituents is 1. The van der Waals surface area contributed by atoms with Crippen molar-refractivity contribution in [2.45, 2.75) is 31.5 Å². The predicted molar refractivity (Wildman–Crippen MR) is 78.7 cm³/mol. The Morgan fingerprint density at radius 1 is 1.48 bits per heavy atom. The second kappa shape index (κ2) is 5.91. The van der Waals surface area contributed by atoms with E-state index in [1.54, 1.807) is 18.2 Å². The maximum atomic E-state index is 12.3. The number of hydrogen-bond acceptors (Lipinski definition) is 5. The third-order valence-electron chi connectivity index (χ3n) is 3.94. The van der Waals surface area contributed by atoms with Gasteiger partial charge >= 0.3 is 0 Å². The van der Waals surface area contributed by atoms with Gasteiger partial charge in [-0.1, -0.05) is 0 Å². The van der Waals surface area contributed by atoms with Crippen molar-refractivity contribution >= 4 is 11.6 Å². The molecule has 4 N–H and O–H groups in total. The zero-order valence-corrected chi connectivity index (χ0v) is 11.9. The Bertz CT molecular complexity index is 531. The normalized spacial score (nSPS) is 23.0. The van der Waals surface area contributed by atoms with Gasteiger partial charge in [-0.05, 0) is 31.0 Å². The van der Waals surface area contributed by atoms with Crippen LogP contribution in [0.25, 0.3) is 0 Å². The van der Waals surface area contributed by atoms with Crippen LogP contribution in [0.3, 0.4) is 0 Å². The van der Waals surface area contributed by atoms with Gasteiger partial charge in [0.15, 0.2) is 0 Å². The van der Waals surface area contributed by atoms with Gasteiger partial charge in [0.2, 0.25) is 5.91 Å². The molecule has 1 saturated carbocycles. The number of aromatic hydroxyl groups is 1. The minimum absolute atomic E-state index is 0.0144. The first-order valence-corrected chi connectivity index (χ1v) is 7.33. The van der Waals surface area contributed by atoms with Crippen molar-refractivity contribution in [2.75, 3.05) is 25.5 Å². The first-order chi connectivity index (χ1) is 10.1. The van der Waals surface area contributed by atoms with Crippen molar-refractivity contribution in [1.82, 2.24) is 10.2 Å². The van der Waals surface area contributed by atoms with Gasteiger partial charge in [0.05, 0.1) is 13.2 Å². The molecule has 1 atom stereocenters. The van der Waals surface area contributed by atoms with Crippen LogP contribution in [-0.4, -0.2) is 47.8 Å². The van der Waals surface area contributed by atoms with Crippen molar-refractivity contribution in [3.05, 3.63) is 23.8 Å². The summed E-state index contributed by atoms with van der Waals surface area (Å²) in [5.41, 5.74) is 7.11. The Kier molecular flexibility index (Phi) is 3.98. The summed E-state index contributed by atoms with van der Waals surface area (Å²) in [5.74, 6) is 0.220. The average Bonchev–Trinajstić information content (AvgIpc) is 3.27. The van der Waals surface area contributed by atoms with Crippen LogP contribution in [-0.2, 0) is 16.1 Å². The van der Waals surface area contributed by atoms with Gasteiger partial charge in [-0.2, -0.15) is 0 Å². The summed E-state index contributed by atoms with van der Waals surface area (Å²) in [4.78, 5) is 14.3. The lowest BCUT2D eigenvalue weighted by Crippen LogP contribution is -2.53. The molecule has 6 heteroatoms.